The molecule has 1 aromatic carbocycles. The average Bonchev–Trinajstić information content (AvgIpc) is 2.94. The lowest BCUT2D eigenvalue weighted by atomic mass is 10.1. The number of carbonyl (C=O) groups is 4. The highest BCUT2D eigenvalue weighted by atomic mass is 19.2. The predicted molar refractivity (Wildman–Crippen MR) is 80.2 cm³/mol. The van der Waals surface area contributed by atoms with Crippen LogP contribution >= 0.6 is 0 Å². The maximum absolute atomic E-state index is 14.3. The van der Waals surface area contributed by atoms with Gasteiger partial charge in [0.15, 0.2) is 11.4 Å². The minimum Gasteiger partial charge on any atom is -0.420 e. The standard InChI is InChI=1S/C16H8F3NO8/c1-5(21)26-14-11(18)10(17)6-4-7(15(24)27-13(6)12(14)19)16(25)28-20-8(22)2-3-9(20)23/h4H,2-3H2,1H3. The first-order chi connectivity index (χ1) is 13.1. The van der Waals surface area contributed by atoms with Gasteiger partial charge in [-0.25, -0.2) is 14.0 Å². The number of halogens is 3. The Bertz CT molecular complexity index is 1110. The summed E-state index contributed by atoms with van der Waals surface area (Å²) in [6.45, 7) is 0.803. The fourth-order valence-corrected chi connectivity index (χ4v) is 2.38. The molecule has 0 aliphatic carbocycles. The van der Waals surface area contributed by atoms with Crippen LogP contribution in [0.3, 0.4) is 0 Å². The molecule has 0 unspecified atom stereocenters. The molecule has 1 saturated heterocycles. The monoisotopic (exact) mass is 399 g/mol. The summed E-state index contributed by atoms with van der Waals surface area (Å²) in [7, 11) is 0. The summed E-state index contributed by atoms with van der Waals surface area (Å²) < 4.78 is 51.2. The van der Waals surface area contributed by atoms with Crippen molar-refractivity contribution in [1.29, 1.82) is 0 Å². The Balaban J connectivity index is 2.10. The number of benzene rings is 1. The first-order valence-corrected chi connectivity index (χ1v) is 7.52. The van der Waals surface area contributed by atoms with Crippen molar-refractivity contribution in [2.45, 2.75) is 19.8 Å². The molecule has 2 amide bonds. The summed E-state index contributed by atoms with van der Waals surface area (Å²) in [6.07, 6.45) is -0.440. The minimum atomic E-state index is -1.90. The van der Waals surface area contributed by atoms with Crippen LogP contribution in [0.15, 0.2) is 15.3 Å². The Morgan fingerprint density at radius 2 is 1.64 bits per heavy atom. The number of amides is 2. The van der Waals surface area contributed by atoms with Crippen molar-refractivity contribution in [1.82, 2.24) is 5.06 Å². The lowest BCUT2D eigenvalue weighted by Crippen LogP contribution is -2.33. The number of rotatable bonds is 3. The van der Waals surface area contributed by atoms with E-state index in [1.54, 1.807) is 0 Å². The topological polar surface area (TPSA) is 120 Å². The second-order valence-corrected chi connectivity index (χ2v) is 5.52. The van der Waals surface area contributed by atoms with E-state index in [2.05, 4.69) is 14.0 Å². The summed E-state index contributed by atoms with van der Waals surface area (Å²) in [6, 6.07) is 0.424. The summed E-state index contributed by atoms with van der Waals surface area (Å²) in [5.74, 6) is -11.2. The Kier molecular flexibility index (Phi) is 4.63. The van der Waals surface area contributed by atoms with E-state index >= 15 is 0 Å². The van der Waals surface area contributed by atoms with Crippen molar-refractivity contribution in [3.8, 4) is 5.75 Å². The number of fused-ring (bicyclic) bond motifs is 1. The summed E-state index contributed by atoms with van der Waals surface area (Å²) in [5.41, 5.74) is -3.68. The van der Waals surface area contributed by atoms with Crippen LogP contribution in [-0.2, 0) is 19.2 Å². The molecule has 0 spiro atoms. The maximum Gasteiger partial charge on any atom is 0.371 e. The van der Waals surface area contributed by atoms with Gasteiger partial charge in [0.2, 0.25) is 17.4 Å². The molecular weight excluding hydrogens is 391 g/mol. The van der Waals surface area contributed by atoms with Gasteiger partial charge in [-0.05, 0) is 6.07 Å². The number of hydrogen-bond donors (Lipinski definition) is 0. The van der Waals surface area contributed by atoms with E-state index in [0.717, 1.165) is 6.92 Å². The molecule has 1 aromatic heterocycles. The quantitative estimate of drug-likeness (QED) is 0.249. The van der Waals surface area contributed by atoms with Gasteiger partial charge in [0.25, 0.3) is 11.8 Å². The van der Waals surface area contributed by atoms with Gasteiger partial charge in [0.1, 0.15) is 5.56 Å². The highest BCUT2D eigenvalue weighted by Gasteiger charge is 2.34. The molecule has 0 atom stereocenters. The molecule has 1 aliphatic heterocycles. The molecule has 0 N–H and O–H groups in total. The third-order valence-corrected chi connectivity index (χ3v) is 3.62. The lowest BCUT2D eigenvalue weighted by molar-refractivity contribution is -0.172. The van der Waals surface area contributed by atoms with Crippen LogP contribution in [-0.4, -0.2) is 28.8 Å². The van der Waals surface area contributed by atoms with Gasteiger partial charge in [-0.2, -0.15) is 8.78 Å². The van der Waals surface area contributed by atoms with E-state index in [1.165, 1.54) is 0 Å². The number of esters is 1. The predicted octanol–water partition coefficient (Wildman–Crippen LogP) is 1.36. The Labute approximate surface area is 152 Å². The number of hydroxylamine groups is 2. The van der Waals surface area contributed by atoms with E-state index < -0.39 is 69.1 Å². The van der Waals surface area contributed by atoms with Crippen LogP contribution in [0.4, 0.5) is 13.2 Å². The lowest BCUT2D eigenvalue weighted by Gasteiger charge is -2.12. The van der Waals surface area contributed by atoms with Gasteiger partial charge >= 0.3 is 17.6 Å². The first-order valence-electron chi connectivity index (χ1n) is 7.52. The summed E-state index contributed by atoms with van der Waals surface area (Å²) >= 11 is 0. The van der Waals surface area contributed by atoms with Crippen molar-refractivity contribution in [2.75, 3.05) is 0 Å². The van der Waals surface area contributed by atoms with Crippen molar-refractivity contribution in [3.63, 3.8) is 0 Å². The molecule has 2 heterocycles. The van der Waals surface area contributed by atoms with Crippen LogP contribution in [0.5, 0.6) is 5.75 Å². The molecule has 12 heteroatoms. The van der Waals surface area contributed by atoms with Crippen molar-refractivity contribution >= 4 is 34.7 Å². The number of ether oxygens (including phenoxy) is 1. The Morgan fingerprint density at radius 1 is 1.04 bits per heavy atom. The van der Waals surface area contributed by atoms with Crippen molar-refractivity contribution in [3.05, 3.63) is 39.5 Å². The molecule has 28 heavy (non-hydrogen) atoms. The van der Waals surface area contributed by atoms with E-state index in [9.17, 15) is 37.1 Å². The molecular formula is C16H8F3NO8. The molecule has 1 aliphatic rings. The summed E-state index contributed by atoms with van der Waals surface area (Å²) in [5, 5.41) is -0.857. The molecule has 3 rings (SSSR count). The molecule has 9 nitrogen and oxygen atoms in total. The van der Waals surface area contributed by atoms with Crippen molar-refractivity contribution < 1.29 is 46.3 Å². The van der Waals surface area contributed by atoms with Gasteiger partial charge in [-0.1, -0.05) is 0 Å². The number of imide groups is 1. The third-order valence-electron chi connectivity index (χ3n) is 3.62. The molecule has 0 radical (unpaired) electrons. The minimum absolute atomic E-state index is 0.118. The van der Waals surface area contributed by atoms with E-state index in [-0.39, 0.29) is 17.9 Å². The zero-order valence-corrected chi connectivity index (χ0v) is 13.8. The van der Waals surface area contributed by atoms with Gasteiger partial charge in [-0.3, -0.25) is 14.4 Å². The van der Waals surface area contributed by atoms with Crippen LogP contribution in [0.2, 0.25) is 0 Å². The molecule has 0 saturated carbocycles. The van der Waals surface area contributed by atoms with Gasteiger partial charge in [0, 0.05) is 19.8 Å². The SMILES string of the molecule is CC(=O)Oc1c(F)c(F)c2cc(C(=O)ON3C(=O)CCC3=O)c(=O)oc2c1F. The number of hydrogen-bond acceptors (Lipinski definition) is 8. The van der Waals surface area contributed by atoms with Crippen LogP contribution in [0.25, 0.3) is 11.0 Å². The van der Waals surface area contributed by atoms with E-state index in [0.29, 0.717) is 6.07 Å². The summed E-state index contributed by atoms with van der Waals surface area (Å²) in [4.78, 5) is 62.3. The highest BCUT2D eigenvalue weighted by molar-refractivity contribution is 6.03. The van der Waals surface area contributed by atoms with Crippen molar-refractivity contribution in [2.24, 2.45) is 0 Å². The van der Waals surface area contributed by atoms with Gasteiger partial charge in [-0.15, -0.1) is 5.06 Å². The van der Waals surface area contributed by atoms with E-state index in [4.69, 9.17) is 0 Å². The first kappa shape index (κ1) is 19.1. The maximum atomic E-state index is 14.3. The fraction of sp³-hybridized carbons (Fsp3) is 0.188. The third kappa shape index (κ3) is 3.08. The number of carbonyl (C=O) groups excluding carboxylic acids is 4. The van der Waals surface area contributed by atoms with Crippen LogP contribution < -0.4 is 10.4 Å². The second-order valence-electron chi connectivity index (χ2n) is 5.52. The Morgan fingerprint density at radius 3 is 2.21 bits per heavy atom. The molecule has 1 fully saturated rings. The second kappa shape index (κ2) is 6.79. The van der Waals surface area contributed by atoms with Gasteiger partial charge in [0.05, 0.1) is 5.39 Å². The zero-order valence-electron chi connectivity index (χ0n) is 13.8. The molecule has 146 valence electrons. The van der Waals surface area contributed by atoms with Crippen LogP contribution in [0, 0.1) is 17.5 Å². The highest BCUT2D eigenvalue weighted by Crippen LogP contribution is 2.32. The zero-order chi connectivity index (χ0) is 20.7. The largest absolute Gasteiger partial charge is 0.420 e. The fourth-order valence-electron chi connectivity index (χ4n) is 2.38. The average molecular weight is 399 g/mol. The Hall–Kier alpha value is -3.70. The molecule has 2 aromatic rings. The normalized spacial score (nSPS) is 13.9. The smallest absolute Gasteiger partial charge is 0.371 e. The number of nitrogens with zero attached hydrogens (tertiary/aromatic N) is 1. The van der Waals surface area contributed by atoms with Crippen LogP contribution in [0.1, 0.15) is 30.1 Å². The molecule has 0 bridgehead atoms. The van der Waals surface area contributed by atoms with E-state index in [1.807, 2.05) is 0 Å². The van der Waals surface area contributed by atoms with Gasteiger partial charge < -0.3 is 14.0 Å².